The standard InChI is InChI=1S/C20H27N5O3/c1-27-20(15-5-3-2-4-6-15)16-7-8-18-17(11-16)12-24(9-10-28-18)19(26)13-25-14-21-22-23-25/h7-8,11,14-15,20H,2-6,9-10,12-13H2,1H3. The van der Waals surface area contributed by atoms with Gasteiger partial charge in [-0.25, -0.2) is 4.68 Å². The molecule has 0 spiro atoms. The number of ether oxygens (including phenoxy) is 2. The van der Waals surface area contributed by atoms with Gasteiger partial charge in [-0.1, -0.05) is 25.3 Å². The number of amides is 1. The van der Waals surface area contributed by atoms with Gasteiger partial charge in [0, 0.05) is 19.2 Å². The van der Waals surface area contributed by atoms with Crippen LogP contribution >= 0.6 is 0 Å². The Kier molecular flexibility index (Phi) is 5.85. The van der Waals surface area contributed by atoms with Crippen LogP contribution in [-0.4, -0.2) is 51.3 Å². The first kappa shape index (κ1) is 18.9. The van der Waals surface area contributed by atoms with E-state index in [9.17, 15) is 4.79 Å². The zero-order valence-corrected chi connectivity index (χ0v) is 16.3. The third-order valence-electron chi connectivity index (χ3n) is 5.77. The van der Waals surface area contributed by atoms with E-state index in [0.29, 0.717) is 25.6 Å². The molecular formula is C20H27N5O3. The van der Waals surface area contributed by atoms with Crippen molar-refractivity contribution in [3.8, 4) is 5.75 Å². The van der Waals surface area contributed by atoms with Crippen molar-refractivity contribution in [3.63, 3.8) is 0 Å². The fraction of sp³-hybridized carbons (Fsp3) is 0.600. The molecule has 0 bridgehead atoms. The monoisotopic (exact) mass is 385 g/mol. The lowest BCUT2D eigenvalue weighted by Gasteiger charge is -2.30. The van der Waals surface area contributed by atoms with Gasteiger partial charge in [0.15, 0.2) is 0 Å². The van der Waals surface area contributed by atoms with E-state index in [1.165, 1.54) is 48.7 Å². The Balaban J connectivity index is 1.52. The summed E-state index contributed by atoms with van der Waals surface area (Å²) in [5.74, 6) is 1.38. The molecular weight excluding hydrogens is 358 g/mol. The van der Waals surface area contributed by atoms with Gasteiger partial charge in [0.2, 0.25) is 5.91 Å². The molecule has 1 aliphatic carbocycles. The van der Waals surface area contributed by atoms with E-state index in [-0.39, 0.29) is 18.6 Å². The lowest BCUT2D eigenvalue weighted by atomic mass is 9.82. The first-order valence-electron chi connectivity index (χ1n) is 10.0. The first-order valence-corrected chi connectivity index (χ1v) is 10.0. The Morgan fingerprint density at radius 2 is 2.18 bits per heavy atom. The van der Waals surface area contributed by atoms with Gasteiger partial charge in [-0.15, -0.1) is 5.10 Å². The summed E-state index contributed by atoms with van der Waals surface area (Å²) in [4.78, 5) is 14.5. The quantitative estimate of drug-likeness (QED) is 0.786. The van der Waals surface area contributed by atoms with Crippen LogP contribution in [0.1, 0.15) is 49.3 Å². The van der Waals surface area contributed by atoms with Crippen LogP contribution in [-0.2, 0) is 22.6 Å². The lowest BCUT2D eigenvalue weighted by molar-refractivity contribution is -0.132. The average Bonchev–Trinajstić information content (AvgIpc) is 3.13. The number of hydrogen-bond acceptors (Lipinski definition) is 6. The molecule has 1 aromatic heterocycles. The highest BCUT2D eigenvalue weighted by Gasteiger charge is 2.27. The smallest absolute Gasteiger partial charge is 0.244 e. The minimum Gasteiger partial charge on any atom is -0.491 e. The van der Waals surface area contributed by atoms with E-state index in [4.69, 9.17) is 9.47 Å². The summed E-state index contributed by atoms with van der Waals surface area (Å²) >= 11 is 0. The molecule has 2 aliphatic rings. The zero-order chi connectivity index (χ0) is 19.3. The second-order valence-electron chi connectivity index (χ2n) is 7.59. The third kappa shape index (κ3) is 4.16. The van der Waals surface area contributed by atoms with Gasteiger partial charge in [0.05, 0.1) is 12.6 Å². The van der Waals surface area contributed by atoms with E-state index in [2.05, 4.69) is 27.7 Å². The second-order valence-corrected chi connectivity index (χ2v) is 7.59. The SMILES string of the molecule is COC(c1ccc2c(c1)CN(C(=O)Cn1cnnn1)CCO2)C1CCCCC1. The number of methoxy groups -OCH3 is 1. The predicted octanol–water partition coefficient (Wildman–Crippen LogP) is 2.36. The highest BCUT2D eigenvalue weighted by molar-refractivity contribution is 5.76. The van der Waals surface area contributed by atoms with Gasteiger partial charge < -0.3 is 14.4 Å². The maximum atomic E-state index is 12.7. The molecule has 4 rings (SSSR count). The van der Waals surface area contributed by atoms with Crippen LogP contribution in [0.4, 0.5) is 0 Å². The van der Waals surface area contributed by atoms with Gasteiger partial charge in [0.25, 0.3) is 0 Å². The summed E-state index contributed by atoms with van der Waals surface area (Å²) in [5.41, 5.74) is 2.20. The number of aromatic nitrogens is 4. The number of carbonyl (C=O) groups is 1. The Morgan fingerprint density at radius 1 is 1.32 bits per heavy atom. The fourth-order valence-corrected chi connectivity index (χ4v) is 4.33. The molecule has 1 fully saturated rings. The lowest BCUT2D eigenvalue weighted by Crippen LogP contribution is -2.35. The van der Waals surface area contributed by atoms with Crippen LogP contribution in [0, 0.1) is 5.92 Å². The molecule has 2 heterocycles. The van der Waals surface area contributed by atoms with Gasteiger partial charge in [-0.2, -0.15) is 0 Å². The van der Waals surface area contributed by atoms with Crippen molar-refractivity contribution in [3.05, 3.63) is 35.7 Å². The summed E-state index contributed by atoms with van der Waals surface area (Å²) in [6, 6.07) is 6.29. The van der Waals surface area contributed by atoms with Crippen LogP contribution < -0.4 is 4.74 Å². The number of rotatable bonds is 5. The Labute approximate surface area is 164 Å². The minimum absolute atomic E-state index is 0.0234. The second kappa shape index (κ2) is 8.68. The summed E-state index contributed by atoms with van der Waals surface area (Å²) in [6.45, 7) is 1.67. The molecule has 1 amide bonds. The van der Waals surface area contributed by atoms with Gasteiger partial charge in [-0.3, -0.25) is 4.79 Å². The number of tetrazole rings is 1. The number of benzene rings is 1. The first-order chi connectivity index (χ1) is 13.7. The zero-order valence-electron chi connectivity index (χ0n) is 16.3. The normalized spacial score (nSPS) is 18.8. The molecule has 28 heavy (non-hydrogen) atoms. The molecule has 1 saturated carbocycles. The van der Waals surface area contributed by atoms with Gasteiger partial charge >= 0.3 is 0 Å². The molecule has 1 aromatic carbocycles. The topological polar surface area (TPSA) is 82.4 Å². The van der Waals surface area contributed by atoms with Crippen LogP contribution in [0.3, 0.4) is 0 Å². The fourth-order valence-electron chi connectivity index (χ4n) is 4.33. The summed E-state index contributed by atoms with van der Waals surface area (Å²) in [7, 11) is 1.80. The van der Waals surface area contributed by atoms with E-state index < -0.39 is 0 Å². The Hall–Kier alpha value is -2.48. The van der Waals surface area contributed by atoms with Crippen LogP contribution in [0.2, 0.25) is 0 Å². The highest BCUT2D eigenvalue weighted by Crippen LogP contribution is 2.38. The molecule has 150 valence electrons. The van der Waals surface area contributed by atoms with Gasteiger partial charge in [0.1, 0.15) is 25.2 Å². The molecule has 1 atom stereocenters. The molecule has 8 nitrogen and oxygen atoms in total. The van der Waals surface area contributed by atoms with Crippen molar-refractivity contribution in [2.24, 2.45) is 5.92 Å². The molecule has 1 unspecified atom stereocenters. The number of nitrogens with zero attached hydrogens (tertiary/aromatic N) is 5. The van der Waals surface area contributed by atoms with E-state index in [1.54, 1.807) is 12.0 Å². The molecule has 1 aliphatic heterocycles. The maximum Gasteiger partial charge on any atom is 0.244 e. The van der Waals surface area contributed by atoms with E-state index in [1.807, 2.05) is 6.07 Å². The number of carbonyl (C=O) groups excluding carboxylic acids is 1. The van der Waals surface area contributed by atoms with E-state index >= 15 is 0 Å². The maximum absolute atomic E-state index is 12.7. The van der Waals surface area contributed by atoms with Crippen molar-refractivity contribution < 1.29 is 14.3 Å². The van der Waals surface area contributed by atoms with Crippen LogP contribution in [0.25, 0.3) is 0 Å². The van der Waals surface area contributed by atoms with Crippen molar-refractivity contribution in [2.75, 3.05) is 20.3 Å². The van der Waals surface area contributed by atoms with Crippen molar-refractivity contribution in [1.29, 1.82) is 0 Å². The average molecular weight is 385 g/mol. The third-order valence-corrected chi connectivity index (χ3v) is 5.77. The predicted molar refractivity (Wildman–Crippen MR) is 101 cm³/mol. The largest absolute Gasteiger partial charge is 0.491 e. The Bertz CT molecular complexity index is 789. The highest BCUT2D eigenvalue weighted by atomic mass is 16.5. The number of hydrogen-bond donors (Lipinski definition) is 0. The van der Waals surface area contributed by atoms with Crippen molar-refractivity contribution >= 4 is 5.91 Å². The van der Waals surface area contributed by atoms with Crippen molar-refractivity contribution in [1.82, 2.24) is 25.1 Å². The minimum atomic E-state index is -0.0234. The summed E-state index contributed by atoms with van der Waals surface area (Å²) in [6.07, 6.45) is 7.84. The summed E-state index contributed by atoms with van der Waals surface area (Å²) in [5, 5.41) is 10.9. The molecule has 0 radical (unpaired) electrons. The molecule has 2 aromatic rings. The van der Waals surface area contributed by atoms with Crippen LogP contribution in [0.15, 0.2) is 24.5 Å². The molecule has 0 N–H and O–H groups in total. The molecule has 8 heteroatoms. The van der Waals surface area contributed by atoms with Crippen LogP contribution in [0.5, 0.6) is 5.75 Å². The van der Waals surface area contributed by atoms with Crippen molar-refractivity contribution in [2.45, 2.75) is 51.3 Å². The van der Waals surface area contributed by atoms with Gasteiger partial charge in [-0.05, 0) is 46.9 Å². The Morgan fingerprint density at radius 3 is 2.93 bits per heavy atom. The van der Waals surface area contributed by atoms with E-state index in [0.717, 1.165) is 11.3 Å². The number of fused-ring (bicyclic) bond motifs is 1. The molecule has 0 saturated heterocycles. The summed E-state index contributed by atoms with van der Waals surface area (Å²) < 4.78 is 13.2.